The summed E-state index contributed by atoms with van der Waals surface area (Å²) >= 11 is 6.18. The third-order valence-corrected chi connectivity index (χ3v) is 13.2. The summed E-state index contributed by atoms with van der Waals surface area (Å²) in [4.78, 5) is 73.8. The summed E-state index contributed by atoms with van der Waals surface area (Å²) in [6.45, 7) is 7.45. The van der Waals surface area contributed by atoms with Gasteiger partial charge < -0.3 is 19.4 Å². The molecule has 3 aromatic rings. The fraction of sp³-hybridized carbons (Fsp3) is 0.476. The Morgan fingerprint density at radius 2 is 1.59 bits per heavy atom. The smallest absolute Gasteiger partial charge is 0.274 e. The number of imide groups is 2. The molecule has 0 radical (unpaired) electrons. The first-order chi connectivity index (χ1) is 28.1. The fourth-order valence-electron chi connectivity index (χ4n) is 9.68. The normalized spacial score (nSPS) is 25.2. The molecule has 16 heteroatoms. The van der Waals surface area contributed by atoms with Crippen LogP contribution in [0, 0.1) is 29.1 Å². The first-order valence-electron chi connectivity index (χ1n) is 20.2. The van der Waals surface area contributed by atoms with E-state index in [4.69, 9.17) is 21.6 Å². The summed E-state index contributed by atoms with van der Waals surface area (Å²) in [5, 5.41) is 20.6. The molecule has 1 saturated carbocycles. The minimum atomic E-state index is -0.976. The van der Waals surface area contributed by atoms with Crippen LogP contribution in [-0.4, -0.2) is 125 Å². The lowest BCUT2D eigenvalue weighted by molar-refractivity contribution is -0.136. The summed E-state index contributed by atoms with van der Waals surface area (Å²) in [5.41, 5.74) is 2.26. The Morgan fingerprint density at radius 1 is 0.845 bits per heavy atom. The second kappa shape index (κ2) is 15.6. The number of aromatic nitrogens is 2. The van der Waals surface area contributed by atoms with Crippen LogP contribution in [0.3, 0.4) is 0 Å². The molecule has 300 valence electrons. The van der Waals surface area contributed by atoms with Gasteiger partial charge in [0.1, 0.15) is 17.9 Å². The number of carbonyl (C=O) groups is 5. The predicted molar refractivity (Wildman–Crippen MR) is 211 cm³/mol. The lowest BCUT2D eigenvalue weighted by Gasteiger charge is -2.39. The van der Waals surface area contributed by atoms with Gasteiger partial charge >= 0.3 is 0 Å². The van der Waals surface area contributed by atoms with Gasteiger partial charge in [-0.1, -0.05) is 11.6 Å². The largest absolute Gasteiger partial charge is 0.490 e. The Kier molecular flexibility index (Phi) is 10.2. The number of nitrogens with one attached hydrogen (secondary N) is 1. The monoisotopic (exact) mass is 805 g/mol. The number of likely N-dealkylation sites (tertiary alicyclic amines) is 1. The van der Waals surface area contributed by atoms with E-state index in [0.717, 1.165) is 87.9 Å². The molecule has 58 heavy (non-hydrogen) atoms. The van der Waals surface area contributed by atoms with Gasteiger partial charge in [0.15, 0.2) is 11.5 Å². The van der Waals surface area contributed by atoms with Crippen molar-refractivity contribution in [1.29, 1.82) is 5.26 Å². The minimum Gasteiger partial charge on any atom is -0.490 e. The zero-order valence-electron chi connectivity index (χ0n) is 32.0. The van der Waals surface area contributed by atoms with Crippen molar-refractivity contribution in [3.05, 3.63) is 75.9 Å². The Balaban J connectivity index is 0.709. The van der Waals surface area contributed by atoms with Gasteiger partial charge in [-0.25, -0.2) is 0 Å². The van der Waals surface area contributed by atoms with Gasteiger partial charge in [-0.15, -0.1) is 10.2 Å². The Morgan fingerprint density at radius 3 is 2.26 bits per heavy atom. The summed E-state index contributed by atoms with van der Waals surface area (Å²) in [6, 6.07) is 15.3. The summed E-state index contributed by atoms with van der Waals surface area (Å²) in [7, 11) is 0. The highest BCUT2D eigenvalue weighted by Crippen LogP contribution is 2.41. The van der Waals surface area contributed by atoms with Gasteiger partial charge in [0.05, 0.1) is 27.8 Å². The van der Waals surface area contributed by atoms with Crippen molar-refractivity contribution in [2.75, 3.05) is 68.7 Å². The zero-order valence-corrected chi connectivity index (χ0v) is 32.8. The van der Waals surface area contributed by atoms with E-state index in [1.165, 1.54) is 0 Å². The highest BCUT2D eigenvalue weighted by molar-refractivity contribution is 6.31. The SMILES string of the molecule is N#Cc1ccc(O[C@@H]2CC3CN(C(=O)c4ccc(N5CCC(CN6CCN(c7ccc8c(c7)C(=O)N(C7CCC(=O)NC7=O)C8=O)CC6)CC5)nn4)C[C@H]3C2)cc1Cl. The number of halogens is 1. The van der Waals surface area contributed by atoms with Crippen LogP contribution in [0.2, 0.25) is 5.02 Å². The lowest BCUT2D eigenvalue weighted by Crippen LogP contribution is -2.54. The number of piperidine rings is 2. The van der Waals surface area contributed by atoms with Crippen molar-refractivity contribution in [2.45, 2.75) is 50.7 Å². The lowest BCUT2D eigenvalue weighted by atomic mass is 9.96. The number of carbonyl (C=O) groups excluding carboxylic acids is 5. The average molecular weight is 806 g/mol. The van der Waals surface area contributed by atoms with Gasteiger partial charge in [-0.05, 0) is 92.3 Å². The molecule has 0 spiro atoms. The topological polar surface area (TPSA) is 172 Å². The maximum atomic E-state index is 13.4. The van der Waals surface area contributed by atoms with Gasteiger partial charge in [-0.3, -0.25) is 39.1 Å². The van der Waals surface area contributed by atoms with Crippen molar-refractivity contribution in [2.24, 2.45) is 17.8 Å². The summed E-state index contributed by atoms with van der Waals surface area (Å²) in [6.07, 6.45) is 4.07. The number of amides is 5. The van der Waals surface area contributed by atoms with E-state index in [-0.39, 0.29) is 24.9 Å². The average Bonchev–Trinajstić information content (AvgIpc) is 3.88. The summed E-state index contributed by atoms with van der Waals surface area (Å²) in [5.74, 6) is 0.672. The fourth-order valence-corrected chi connectivity index (χ4v) is 9.90. The number of nitrogens with zero attached hydrogens (tertiary/aromatic N) is 8. The number of nitriles is 1. The minimum absolute atomic E-state index is 0.0545. The molecule has 9 rings (SSSR count). The van der Waals surface area contributed by atoms with Crippen molar-refractivity contribution >= 4 is 52.6 Å². The van der Waals surface area contributed by atoms with E-state index >= 15 is 0 Å². The van der Waals surface area contributed by atoms with Crippen LogP contribution < -0.4 is 19.9 Å². The van der Waals surface area contributed by atoms with Crippen LogP contribution in [-0.2, 0) is 9.59 Å². The van der Waals surface area contributed by atoms with Gasteiger partial charge in [0.2, 0.25) is 11.8 Å². The molecule has 2 unspecified atom stereocenters. The molecule has 1 N–H and O–H groups in total. The van der Waals surface area contributed by atoms with E-state index in [1.54, 1.807) is 36.4 Å². The molecule has 6 aliphatic rings. The van der Waals surface area contributed by atoms with Crippen LogP contribution in [0.15, 0.2) is 48.5 Å². The van der Waals surface area contributed by atoms with E-state index in [1.807, 2.05) is 17.0 Å². The highest BCUT2D eigenvalue weighted by atomic mass is 35.5. The third kappa shape index (κ3) is 7.35. The first-order valence-corrected chi connectivity index (χ1v) is 20.6. The number of ether oxygens (including phenoxy) is 1. The Labute approximate surface area is 340 Å². The highest BCUT2D eigenvalue weighted by Gasteiger charge is 2.46. The van der Waals surface area contributed by atoms with Crippen LogP contribution in [0.1, 0.15) is 75.3 Å². The number of benzene rings is 2. The molecule has 5 aliphatic heterocycles. The van der Waals surface area contributed by atoms with E-state index in [9.17, 15) is 24.0 Å². The maximum absolute atomic E-state index is 13.4. The van der Waals surface area contributed by atoms with Crippen molar-refractivity contribution < 1.29 is 28.7 Å². The molecular formula is C42H44ClN9O6. The number of fused-ring (bicyclic) bond motifs is 2. The molecule has 5 fully saturated rings. The molecule has 4 saturated heterocycles. The standard InChI is InChI=1S/C42H44ClN9O6/c43-34-20-30(3-1-26(34)21-44)58-31-17-27-23-51(24-28(27)18-31)42(57)35-5-7-37(47-46-35)50-11-9-25(10-12-50)22-48-13-15-49(16-14-48)29-2-4-32-33(19-29)41(56)52(40(32)55)36-6-8-38(53)45-39(36)54/h1-5,7,19-20,25,27-28,31,36H,6,8-18,22-24H2,(H,45,53,54)/t27-,28?,31+,36?/m1/s1. The van der Waals surface area contributed by atoms with Crippen LogP contribution in [0.4, 0.5) is 11.5 Å². The second-order valence-corrected chi connectivity index (χ2v) is 16.8. The van der Waals surface area contributed by atoms with Crippen molar-refractivity contribution in [3.63, 3.8) is 0 Å². The van der Waals surface area contributed by atoms with E-state index in [0.29, 0.717) is 64.0 Å². The van der Waals surface area contributed by atoms with Gasteiger partial charge in [0, 0.05) is 77.1 Å². The molecule has 5 amide bonds. The molecule has 1 aliphatic carbocycles. The molecule has 6 heterocycles. The first kappa shape index (κ1) is 38.0. The zero-order chi connectivity index (χ0) is 40.1. The van der Waals surface area contributed by atoms with Crippen LogP contribution in [0.25, 0.3) is 0 Å². The van der Waals surface area contributed by atoms with Crippen molar-refractivity contribution in [1.82, 2.24) is 30.2 Å². The number of anilines is 2. The molecule has 0 bridgehead atoms. The van der Waals surface area contributed by atoms with E-state index < -0.39 is 29.7 Å². The molecular weight excluding hydrogens is 762 g/mol. The van der Waals surface area contributed by atoms with Crippen LogP contribution >= 0.6 is 11.6 Å². The third-order valence-electron chi connectivity index (χ3n) is 12.8. The summed E-state index contributed by atoms with van der Waals surface area (Å²) < 4.78 is 6.18. The molecule has 4 atom stereocenters. The van der Waals surface area contributed by atoms with Gasteiger partial charge in [0.25, 0.3) is 17.7 Å². The van der Waals surface area contributed by atoms with Crippen LogP contribution in [0.5, 0.6) is 5.75 Å². The maximum Gasteiger partial charge on any atom is 0.274 e. The number of rotatable bonds is 8. The predicted octanol–water partition coefficient (Wildman–Crippen LogP) is 3.37. The second-order valence-electron chi connectivity index (χ2n) is 16.4. The van der Waals surface area contributed by atoms with E-state index in [2.05, 4.69) is 36.3 Å². The number of hydrogen-bond donors (Lipinski definition) is 1. The quantitative estimate of drug-likeness (QED) is 0.330. The molecule has 2 aromatic carbocycles. The Bertz CT molecular complexity index is 2180. The van der Waals surface area contributed by atoms with Gasteiger partial charge in [-0.2, -0.15) is 5.26 Å². The number of piperazine rings is 1. The molecule has 15 nitrogen and oxygen atoms in total. The molecule has 1 aromatic heterocycles. The van der Waals surface area contributed by atoms with Crippen molar-refractivity contribution in [3.8, 4) is 11.8 Å². The Hall–Kier alpha value is -5.59. The number of hydrogen-bond acceptors (Lipinski definition) is 12.